The van der Waals surface area contributed by atoms with Crippen molar-refractivity contribution in [2.45, 2.75) is 40.3 Å². The molecule has 0 aliphatic rings. The Morgan fingerprint density at radius 2 is 2.11 bits per heavy atom. The molecule has 1 atom stereocenters. The minimum Gasteiger partial charge on any atom is -0.480 e. The third-order valence-corrected chi connectivity index (χ3v) is 2.60. The van der Waals surface area contributed by atoms with Crippen LogP contribution in [0.1, 0.15) is 27.7 Å². The number of urea groups is 1. The highest BCUT2D eigenvalue weighted by Gasteiger charge is 2.32. The summed E-state index contributed by atoms with van der Waals surface area (Å²) in [6, 6.07) is -1.52. The summed E-state index contributed by atoms with van der Waals surface area (Å²) in [7, 11) is 0. The largest absolute Gasteiger partial charge is 0.480 e. The maximum absolute atomic E-state index is 11.7. The summed E-state index contributed by atoms with van der Waals surface area (Å²) in [5.41, 5.74) is -0.0473. The molecule has 0 bridgehead atoms. The van der Waals surface area contributed by atoms with Crippen LogP contribution in [0.25, 0.3) is 0 Å². The molecule has 0 fully saturated rings. The van der Waals surface area contributed by atoms with Crippen molar-refractivity contribution in [3.8, 4) is 0 Å². The fourth-order valence-corrected chi connectivity index (χ4v) is 1.55. The minimum atomic E-state index is -1.06. The second kappa shape index (κ2) is 5.73. The van der Waals surface area contributed by atoms with Crippen LogP contribution in [0.5, 0.6) is 0 Å². The van der Waals surface area contributed by atoms with E-state index in [1.807, 2.05) is 6.92 Å². The van der Waals surface area contributed by atoms with Crippen molar-refractivity contribution in [1.29, 1.82) is 0 Å². The Kier molecular flexibility index (Phi) is 4.52. The monoisotopic (exact) mass is 268 g/mol. The molecule has 0 spiro atoms. The Labute approximate surface area is 112 Å². The zero-order valence-corrected chi connectivity index (χ0v) is 11.6. The molecule has 1 unspecified atom stereocenters. The van der Waals surface area contributed by atoms with Crippen molar-refractivity contribution >= 4 is 17.7 Å². The SMILES string of the molecule is CCn1cc(NC(=O)NC(C(=O)O)C(C)(C)C)cn1. The van der Waals surface area contributed by atoms with E-state index in [4.69, 9.17) is 5.11 Å². The number of hydrogen-bond donors (Lipinski definition) is 3. The van der Waals surface area contributed by atoms with Crippen molar-refractivity contribution < 1.29 is 14.7 Å². The van der Waals surface area contributed by atoms with Gasteiger partial charge in [-0.15, -0.1) is 0 Å². The van der Waals surface area contributed by atoms with Crippen molar-refractivity contribution in [2.24, 2.45) is 5.41 Å². The molecule has 7 nitrogen and oxygen atoms in total. The normalized spacial score (nSPS) is 12.8. The van der Waals surface area contributed by atoms with Gasteiger partial charge in [-0.05, 0) is 12.3 Å². The van der Waals surface area contributed by atoms with Crippen LogP contribution in [0.2, 0.25) is 0 Å². The number of hydrogen-bond acceptors (Lipinski definition) is 3. The minimum absolute atomic E-state index is 0.525. The van der Waals surface area contributed by atoms with Gasteiger partial charge in [0.2, 0.25) is 0 Å². The molecular weight excluding hydrogens is 248 g/mol. The second-order valence-corrected chi connectivity index (χ2v) is 5.32. The number of carboxylic acids is 1. The van der Waals surface area contributed by atoms with Crippen molar-refractivity contribution in [3.63, 3.8) is 0 Å². The predicted molar refractivity (Wildman–Crippen MR) is 70.9 cm³/mol. The van der Waals surface area contributed by atoms with Gasteiger partial charge in [0.05, 0.1) is 11.9 Å². The predicted octanol–water partition coefficient (Wildman–Crippen LogP) is 1.52. The Balaban J connectivity index is 2.65. The zero-order valence-electron chi connectivity index (χ0n) is 11.6. The third-order valence-electron chi connectivity index (χ3n) is 2.60. The lowest BCUT2D eigenvalue weighted by Crippen LogP contribution is -2.50. The standard InChI is InChI=1S/C12H20N4O3/c1-5-16-7-8(6-13-16)14-11(19)15-9(10(17)18)12(2,3)4/h6-7,9H,5H2,1-4H3,(H,17,18)(H2,14,15,19). The van der Waals surface area contributed by atoms with E-state index in [1.54, 1.807) is 31.6 Å². The Morgan fingerprint density at radius 1 is 1.47 bits per heavy atom. The van der Waals surface area contributed by atoms with Crippen LogP contribution in [0, 0.1) is 5.41 Å². The van der Waals surface area contributed by atoms with Gasteiger partial charge in [-0.25, -0.2) is 9.59 Å². The second-order valence-electron chi connectivity index (χ2n) is 5.32. The summed E-state index contributed by atoms with van der Waals surface area (Å²) in [5, 5.41) is 18.1. The summed E-state index contributed by atoms with van der Waals surface area (Å²) in [5.74, 6) is -1.06. The molecule has 1 aromatic rings. The van der Waals surface area contributed by atoms with E-state index in [0.29, 0.717) is 12.2 Å². The van der Waals surface area contributed by atoms with E-state index >= 15 is 0 Å². The molecule has 106 valence electrons. The van der Waals surface area contributed by atoms with Gasteiger partial charge in [0, 0.05) is 12.7 Å². The van der Waals surface area contributed by atoms with Gasteiger partial charge in [-0.1, -0.05) is 20.8 Å². The van der Waals surface area contributed by atoms with E-state index in [1.165, 1.54) is 6.20 Å². The Hall–Kier alpha value is -2.05. The highest BCUT2D eigenvalue weighted by atomic mass is 16.4. The number of carboxylic acid groups (broad SMARTS) is 1. The molecular formula is C12H20N4O3. The molecule has 0 aliphatic heterocycles. The van der Waals surface area contributed by atoms with Gasteiger partial charge in [-0.2, -0.15) is 5.10 Å². The highest BCUT2D eigenvalue weighted by molar-refractivity contribution is 5.92. The van der Waals surface area contributed by atoms with E-state index in [-0.39, 0.29) is 0 Å². The lowest BCUT2D eigenvalue weighted by atomic mass is 9.87. The van der Waals surface area contributed by atoms with Crippen LogP contribution in [-0.4, -0.2) is 32.9 Å². The van der Waals surface area contributed by atoms with Crippen LogP contribution in [0.15, 0.2) is 12.4 Å². The summed E-state index contributed by atoms with van der Waals surface area (Å²) in [6.45, 7) is 7.88. The zero-order chi connectivity index (χ0) is 14.6. The fraction of sp³-hybridized carbons (Fsp3) is 0.583. The van der Waals surface area contributed by atoms with Gasteiger partial charge in [0.15, 0.2) is 0 Å². The lowest BCUT2D eigenvalue weighted by Gasteiger charge is -2.27. The van der Waals surface area contributed by atoms with Crippen LogP contribution in [-0.2, 0) is 11.3 Å². The summed E-state index contributed by atoms with van der Waals surface area (Å²) in [6.07, 6.45) is 3.18. The number of nitrogens with zero attached hydrogens (tertiary/aromatic N) is 2. The van der Waals surface area contributed by atoms with Crippen LogP contribution < -0.4 is 10.6 Å². The first-order chi connectivity index (χ1) is 8.74. The average molecular weight is 268 g/mol. The topological polar surface area (TPSA) is 96.2 Å². The van der Waals surface area contributed by atoms with E-state index in [9.17, 15) is 9.59 Å². The molecule has 1 aromatic heterocycles. The van der Waals surface area contributed by atoms with Crippen LogP contribution >= 0.6 is 0 Å². The number of aliphatic carboxylic acids is 1. The molecule has 0 aliphatic carbocycles. The van der Waals surface area contributed by atoms with Gasteiger partial charge in [0.25, 0.3) is 0 Å². The van der Waals surface area contributed by atoms with Crippen molar-refractivity contribution in [2.75, 3.05) is 5.32 Å². The summed E-state index contributed by atoms with van der Waals surface area (Å²) >= 11 is 0. The number of nitrogens with one attached hydrogen (secondary N) is 2. The van der Waals surface area contributed by atoms with Crippen LogP contribution in [0.3, 0.4) is 0 Å². The van der Waals surface area contributed by atoms with Crippen molar-refractivity contribution in [3.05, 3.63) is 12.4 Å². The molecule has 3 N–H and O–H groups in total. The highest BCUT2D eigenvalue weighted by Crippen LogP contribution is 2.19. The van der Waals surface area contributed by atoms with Gasteiger partial charge < -0.3 is 15.7 Å². The number of carbonyl (C=O) groups is 2. The quantitative estimate of drug-likeness (QED) is 0.771. The van der Waals surface area contributed by atoms with E-state index < -0.39 is 23.5 Å². The summed E-state index contributed by atoms with van der Waals surface area (Å²) in [4.78, 5) is 22.9. The summed E-state index contributed by atoms with van der Waals surface area (Å²) < 4.78 is 1.66. The van der Waals surface area contributed by atoms with Gasteiger partial charge in [-0.3, -0.25) is 4.68 Å². The number of rotatable bonds is 4. The first-order valence-electron chi connectivity index (χ1n) is 6.06. The van der Waals surface area contributed by atoms with Gasteiger partial charge >= 0.3 is 12.0 Å². The number of aromatic nitrogens is 2. The molecule has 0 saturated carbocycles. The van der Waals surface area contributed by atoms with Gasteiger partial charge in [0.1, 0.15) is 6.04 Å². The first-order valence-corrected chi connectivity index (χ1v) is 6.06. The Morgan fingerprint density at radius 3 is 2.53 bits per heavy atom. The number of amides is 2. The van der Waals surface area contributed by atoms with E-state index in [2.05, 4.69) is 15.7 Å². The lowest BCUT2D eigenvalue weighted by molar-refractivity contribution is -0.141. The molecule has 0 aromatic carbocycles. The molecule has 1 heterocycles. The molecule has 0 radical (unpaired) electrons. The maximum atomic E-state index is 11.7. The number of carbonyl (C=O) groups excluding carboxylic acids is 1. The average Bonchev–Trinajstić information content (AvgIpc) is 2.71. The fourth-order valence-electron chi connectivity index (χ4n) is 1.55. The smallest absolute Gasteiger partial charge is 0.326 e. The molecule has 1 rings (SSSR count). The Bertz CT molecular complexity index is 462. The number of anilines is 1. The first kappa shape index (κ1) is 15.0. The maximum Gasteiger partial charge on any atom is 0.326 e. The van der Waals surface area contributed by atoms with Crippen LogP contribution in [0.4, 0.5) is 10.5 Å². The number of aryl methyl sites for hydroxylation is 1. The van der Waals surface area contributed by atoms with E-state index in [0.717, 1.165) is 0 Å². The third kappa shape index (κ3) is 4.27. The molecule has 2 amide bonds. The molecule has 7 heteroatoms. The molecule has 19 heavy (non-hydrogen) atoms. The van der Waals surface area contributed by atoms with Crippen molar-refractivity contribution in [1.82, 2.24) is 15.1 Å². The molecule has 0 saturated heterocycles.